The summed E-state index contributed by atoms with van der Waals surface area (Å²) in [6.45, 7) is 2.93. The summed E-state index contributed by atoms with van der Waals surface area (Å²) >= 11 is 6.99. The lowest BCUT2D eigenvalue weighted by molar-refractivity contribution is -0.383. The van der Waals surface area contributed by atoms with E-state index in [0.717, 1.165) is 25.8 Å². The van der Waals surface area contributed by atoms with Crippen molar-refractivity contribution in [3.05, 3.63) is 39.7 Å². The summed E-state index contributed by atoms with van der Waals surface area (Å²) in [5.74, 6) is -0.287. The second kappa shape index (κ2) is 9.38. The van der Waals surface area contributed by atoms with Gasteiger partial charge in [0.05, 0.1) is 10.7 Å². The molecular weight excluding hydrogens is 366 g/mol. The lowest BCUT2D eigenvalue weighted by atomic mass is 10.2. The summed E-state index contributed by atoms with van der Waals surface area (Å²) < 4.78 is 1.90. The van der Waals surface area contributed by atoms with Crippen LogP contribution in [0, 0.1) is 10.1 Å². The summed E-state index contributed by atoms with van der Waals surface area (Å²) in [5.41, 5.74) is -0.127. The van der Waals surface area contributed by atoms with E-state index in [1.54, 1.807) is 6.33 Å². The molecule has 8 nitrogen and oxygen atoms in total. The highest BCUT2D eigenvalue weighted by Gasteiger charge is 2.17. The van der Waals surface area contributed by atoms with Gasteiger partial charge in [0, 0.05) is 17.6 Å². The van der Waals surface area contributed by atoms with Crippen molar-refractivity contribution in [1.29, 1.82) is 0 Å². The van der Waals surface area contributed by atoms with E-state index in [9.17, 15) is 14.9 Å². The number of aromatic nitrogens is 3. The molecule has 0 saturated carbocycles. The van der Waals surface area contributed by atoms with Crippen LogP contribution in [0.3, 0.4) is 0 Å². The smallest absolute Gasteiger partial charge is 0.294 e. The number of unbranched alkanes of at least 4 members (excludes halogenated alkanes) is 2. The number of carbonyl (C=O) groups is 1. The summed E-state index contributed by atoms with van der Waals surface area (Å²) in [4.78, 5) is 22.5. The number of carbonyl (C=O) groups excluding carboxylic acids is 1. The molecule has 0 saturated heterocycles. The Balaban J connectivity index is 1.94. The van der Waals surface area contributed by atoms with Crippen molar-refractivity contribution >= 4 is 40.6 Å². The van der Waals surface area contributed by atoms with Crippen molar-refractivity contribution in [1.82, 2.24) is 14.8 Å². The number of benzene rings is 1. The monoisotopic (exact) mass is 383 g/mol. The van der Waals surface area contributed by atoms with Gasteiger partial charge in [0.25, 0.3) is 5.69 Å². The molecule has 0 aliphatic carbocycles. The fourth-order valence-corrected chi connectivity index (χ4v) is 3.03. The van der Waals surface area contributed by atoms with Gasteiger partial charge in [-0.15, -0.1) is 10.2 Å². The first-order chi connectivity index (χ1) is 12.0. The molecule has 0 unspecified atom stereocenters. The van der Waals surface area contributed by atoms with Crippen LogP contribution in [0.5, 0.6) is 0 Å². The maximum atomic E-state index is 12.1. The van der Waals surface area contributed by atoms with Gasteiger partial charge in [-0.05, 0) is 18.6 Å². The number of nitrogens with one attached hydrogen (secondary N) is 1. The number of halogens is 1. The van der Waals surface area contributed by atoms with E-state index < -0.39 is 4.92 Å². The molecule has 2 aromatic rings. The van der Waals surface area contributed by atoms with E-state index in [2.05, 4.69) is 22.4 Å². The molecule has 0 aliphatic rings. The lowest BCUT2D eigenvalue weighted by Crippen LogP contribution is -2.15. The van der Waals surface area contributed by atoms with Gasteiger partial charge >= 0.3 is 0 Å². The van der Waals surface area contributed by atoms with Crippen LogP contribution >= 0.6 is 23.4 Å². The van der Waals surface area contributed by atoms with Crippen molar-refractivity contribution in [2.45, 2.75) is 37.9 Å². The summed E-state index contributed by atoms with van der Waals surface area (Å²) in [7, 11) is 0. The van der Waals surface area contributed by atoms with Gasteiger partial charge in [0.2, 0.25) is 5.91 Å². The number of rotatable bonds is 9. The third-order valence-corrected chi connectivity index (χ3v) is 4.56. The maximum Gasteiger partial charge on any atom is 0.294 e. The van der Waals surface area contributed by atoms with Gasteiger partial charge < -0.3 is 9.88 Å². The van der Waals surface area contributed by atoms with E-state index in [1.807, 2.05) is 4.57 Å². The second-order valence-corrected chi connectivity index (χ2v) is 6.65. The van der Waals surface area contributed by atoms with Crippen LogP contribution in [-0.2, 0) is 11.3 Å². The number of nitro benzene ring substituents is 1. The number of nitro groups is 1. The molecule has 1 N–H and O–H groups in total. The third-order valence-electron chi connectivity index (χ3n) is 3.35. The Kier molecular flexibility index (Phi) is 7.20. The summed E-state index contributed by atoms with van der Waals surface area (Å²) in [6.07, 6.45) is 4.89. The molecule has 0 spiro atoms. The van der Waals surface area contributed by atoms with Crippen LogP contribution in [0.15, 0.2) is 29.7 Å². The second-order valence-electron chi connectivity index (χ2n) is 5.27. The third kappa shape index (κ3) is 5.71. The maximum absolute atomic E-state index is 12.1. The summed E-state index contributed by atoms with van der Waals surface area (Å²) in [5, 5.41) is 22.3. The number of nitrogens with zero attached hydrogens (tertiary/aromatic N) is 4. The van der Waals surface area contributed by atoms with E-state index in [1.165, 1.54) is 30.0 Å². The zero-order valence-corrected chi connectivity index (χ0v) is 15.2. The molecule has 25 heavy (non-hydrogen) atoms. The van der Waals surface area contributed by atoms with Crippen LogP contribution in [0.1, 0.15) is 26.2 Å². The molecule has 134 valence electrons. The Bertz CT molecular complexity index is 753. The molecular formula is C15H18ClN5O3S. The number of anilines is 1. The number of thioether (sulfide) groups is 1. The minimum absolute atomic E-state index is 0.0756. The fourth-order valence-electron chi connectivity index (χ4n) is 2.12. The first-order valence-electron chi connectivity index (χ1n) is 7.75. The van der Waals surface area contributed by atoms with Crippen molar-refractivity contribution in [2.75, 3.05) is 11.1 Å². The Morgan fingerprint density at radius 2 is 2.24 bits per heavy atom. The zero-order chi connectivity index (χ0) is 18.2. The highest BCUT2D eigenvalue weighted by molar-refractivity contribution is 7.99. The topological polar surface area (TPSA) is 103 Å². The Labute approximate surface area is 154 Å². The van der Waals surface area contributed by atoms with Crippen LogP contribution in [0.25, 0.3) is 0 Å². The molecule has 0 bridgehead atoms. The number of amides is 1. The molecule has 0 aliphatic heterocycles. The Hall–Kier alpha value is -2.13. The van der Waals surface area contributed by atoms with E-state index in [0.29, 0.717) is 5.16 Å². The van der Waals surface area contributed by atoms with Crippen molar-refractivity contribution < 1.29 is 9.72 Å². The van der Waals surface area contributed by atoms with E-state index in [-0.39, 0.29) is 28.1 Å². The van der Waals surface area contributed by atoms with Crippen molar-refractivity contribution in [2.24, 2.45) is 0 Å². The largest absolute Gasteiger partial charge is 0.320 e. The molecule has 1 aromatic heterocycles. The highest BCUT2D eigenvalue weighted by atomic mass is 35.5. The lowest BCUT2D eigenvalue weighted by Gasteiger charge is -2.07. The van der Waals surface area contributed by atoms with Crippen LogP contribution in [0.4, 0.5) is 11.4 Å². The first kappa shape index (κ1) is 19.2. The fraction of sp³-hybridized carbons (Fsp3) is 0.400. The predicted molar refractivity (Wildman–Crippen MR) is 97.0 cm³/mol. The average molecular weight is 384 g/mol. The van der Waals surface area contributed by atoms with Gasteiger partial charge in [0.1, 0.15) is 12.0 Å². The van der Waals surface area contributed by atoms with Crippen molar-refractivity contribution in [3.8, 4) is 0 Å². The molecule has 1 aromatic carbocycles. The quantitative estimate of drug-likeness (QED) is 0.306. The van der Waals surface area contributed by atoms with Gasteiger partial charge in [-0.3, -0.25) is 14.9 Å². The number of aryl methyl sites for hydroxylation is 1. The van der Waals surface area contributed by atoms with Gasteiger partial charge in [-0.1, -0.05) is 43.1 Å². The summed E-state index contributed by atoms with van der Waals surface area (Å²) in [6, 6.07) is 4.10. The Morgan fingerprint density at radius 3 is 2.96 bits per heavy atom. The predicted octanol–water partition coefficient (Wildman–Crippen LogP) is 3.76. The molecule has 0 fully saturated rings. The van der Waals surface area contributed by atoms with Gasteiger partial charge in [-0.25, -0.2) is 0 Å². The number of hydrogen-bond donors (Lipinski definition) is 1. The Morgan fingerprint density at radius 1 is 1.44 bits per heavy atom. The van der Waals surface area contributed by atoms with Crippen LogP contribution < -0.4 is 5.32 Å². The molecule has 2 rings (SSSR count). The van der Waals surface area contributed by atoms with Crippen molar-refractivity contribution in [3.63, 3.8) is 0 Å². The van der Waals surface area contributed by atoms with E-state index >= 15 is 0 Å². The molecule has 0 radical (unpaired) electrons. The molecule has 10 heteroatoms. The van der Waals surface area contributed by atoms with Crippen LogP contribution in [-0.4, -0.2) is 31.3 Å². The van der Waals surface area contributed by atoms with Gasteiger partial charge in [-0.2, -0.15) is 0 Å². The SMILES string of the molecule is CCCCCn1cnnc1SCC(=O)Nc1ccc(Cl)cc1[N+](=O)[O-]. The molecule has 1 amide bonds. The molecule has 0 atom stereocenters. The minimum Gasteiger partial charge on any atom is -0.320 e. The van der Waals surface area contributed by atoms with Gasteiger partial charge in [0.15, 0.2) is 5.16 Å². The van der Waals surface area contributed by atoms with Crippen LogP contribution in [0.2, 0.25) is 5.02 Å². The normalized spacial score (nSPS) is 10.6. The van der Waals surface area contributed by atoms with E-state index in [4.69, 9.17) is 11.6 Å². The zero-order valence-electron chi connectivity index (χ0n) is 13.6. The minimum atomic E-state index is -0.584. The number of hydrogen-bond acceptors (Lipinski definition) is 6. The standard InChI is InChI=1S/C15H18ClN5O3S/c1-2-3-4-7-20-10-17-19-15(20)25-9-14(22)18-12-6-5-11(16)8-13(12)21(23)24/h5-6,8,10H,2-4,7,9H2,1H3,(H,18,22). The molecule has 1 heterocycles. The average Bonchev–Trinajstić information content (AvgIpc) is 3.02. The first-order valence-corrected chi connectivity index (χ1v) is 9.12. The highest BCUT2D eigenvalue weighted by Crippen LogP contribution is 2.28.